The first-order chi connectivity index (χ1) is 10.2. The molecule has 2 fully saturated rings. The highest BCUT2D eigenvalue weighted by molar-refractivity contribution is 5.85. The molecule has 0 aromatic heterocycles. The van der Waals surface area contributed by atoms with Crippen LogP contribution in [0.15, 0.2) is 24.3 Å². The van der Waals surface area contributed by atoms with Crippen molar-refractivity contribution < 1.29 is 9.18 Å². The molecule has 1 N–H and O–H groups in total. The van der Waals surface area contributed by atoms with Crippen molar-refractivity contribution in [2.45, 2.75) is 38.1 Å². The molecule has 1 aromatic rings. The Morgan fingerprint density at radius 2 is 2.14 bits per heavy atom. The van der Waals surface area contributed by atoms with Gasteiger partial charge in [-0.25, -0.2) is 4.39 Å². The highest BCUT2D eigenvalue weighted by Gasteiger charge is 2.29. The third-order valence-electron chi connectivity index (χ3n) is 4.46. The zero-order chi connectivity index (χ0) is 14.7. The molecule has 3 rings (SSSR count). The van der Waals surface area contributed by atoms with Gasteiger partial charge >= 0.3 is 0 Å². The van der Waals surface area contributed by atoms with E-state index in [0.717, 1.165) is 43.8 Å². The van der Waals surface area contributed by atoms with E-state index >= 15 is 0 Å². The van der Waals surface area contributed by atoms with Gasteiger partial charge in [0.25, 0.3) is 0 Å². The third kappa shape index (κ3) is 4.68. The lowest BCUT2D eigenvalue weighted by atomic mass is 10.0. The molecule has 1 saturated heterocycles. The van der Waals surface area contributed by atoms with E-state index in [-0.39, 0.29) is 30.2 Å². The summed E-state index contributed by atoms with van der Waals surface area (Å²) in [4.78, 5) is 14.3. The van der Waals surface area contributed by atoms with Crippen LogP contribution in [-0.2, 0) is 11.2 Å². The lowest BCUT2D eigenvalue weighted by Gasteiger charge is -2.25. The molecular weight excluding hydrogens is 303 g/mol. The van der Waals surface area contributed by atoms with Crippen molar-refractivity contribution in [3.05, 3.63) is 35.6 Å². The van der Waals surface area contributed by atoms with E-state index in [2.05, 4.69) is 5.32 Å². The number of nitrogens with zero attached hydrogens (tertiary/aromatic N) is 1. The number of rotatable bonds is 6. The van der Waals surface area contributed by atoms with Crippen molar-refractivity contribution in [2.75, 3.05) is 19.6 Å². The summed E-state index contributed by atoms with van der Waals surface area (Å²) in [6, 6.07) is 6.94. The molecule has 2 aliphatic rings. The van der Waals surface area contributed by atoms with Crippen LogP contribution in [0.25, 0.3) is 0 Å². The number of nitrogens with one attached hydrogen (secondary N) is 1. The van der Waals surface area contributed by atoms with E-state index in [9.17, 15) is 9.18 Å². The average Bonchev–Trinajstić information content (AvgIpc) is 3.16. The quantitative estimate of drug-likeness (QED) is 0.872. The fraction of sp³-hybridized carbons (Fsp3) is 0.588. The maximum atomic E-state index is 13.3. The monoisotopic (exact) mass is 326 g/mol. The molecule has 1 amide bonds. The van der Waals surface area contributed by atoms with Crippen LogP contribution in [0, 0.1) is 11.7 Å². The molecular formula is C17H24ClFN2O. The molecule has 1 saturated carbocycles. The highest BCUT2D eigenvalue weighted by Crippen LogP contribution is 2.27. The van der Waals surface area contributed by atoms with Crippen LogP contribution in [0.1, 0.15) is 31.2 Å². The molecule has 1 aliphatic carbocycles. The molecule has 1 aliphatic heterocycles. The zero-order valence-electron chi connectivity index (χ0n) is 12.8. The van der Waals surface area contributed by atoms with Crippen molar-refractivity contribution in [3.63, 3.8) is 0 Å². The van der Waals surface area contributed by atoms with Gasteiger partial charge in [-0.15, -0.1) is 12.4 Å². The van der Waals surface area contributed by atoms with Crippen molar-refractivity contribution in [2.24, 2.45) is 5.92 Å². The Hall–Kier alpha value is -1.13. The van der Waals surface area contributed by atoms with Gasteiger partial charge in [-0.05, 0) is 62.3 Å². The number of benzene rings is 1. The number of carbonyl (C=O) groups excluding carboxylic acids is 1. The van der Waals surface area contributed by atoms with E-state index in [1.165, 1.54) is 18.9 Å². The number of hydrogen-bond donors (Lipinski definition) is 1. The molecule has 1 unspecified atom stereocenters. The van der Waals surface area contributed by atoms with Gasteiger partial charge in [0.05, 0.1) is 6.54 Å². The number of likely N-dealkylation sites (tertiary alicyclic amines) is 1. The first-order valence-corrected chi connectivity index (χ1v) is 7.97. The predicted octanol–water partition coefficient (Wildman–Crippen LogP) is 2.78. The number of amides is 1. The Morgan fingerprint density at radius 3 is 2.86 bits per heavy atom. The fourth-order valence-electron chi connectivity index (χ4n) is 3.12. The number of halogens is 2. The van der Waals surface area contributed by atoms with Crippen LogP contribution in [0.3, 0.4) is 0 Å². The van der Waals surface area contributed by atoms with Crippen LogP contribution >= 0.6 is 12.4 Å². The molecule has 0 radical (unpaired) electrons. The van der Waals surface area contributed by atoms with Gasteiger partial charge in [-0.3, -0.25) is 4.79 Å². The standard InChI is InChI=1S/C17H23FN2O.ClH/c18-15-4-1-3-14(9-15)10-16-5-2-8-20(16)17(21)12-19-11-13-6-7-13;/h1,3-4,9,13,16,19H,2,5-8,10-12H2;1H. The topological polar surface area (TPSA) is 32.3 Å². The molecule has 5 heteroatoms. The van der Waals surface area contributed by atoms with Crippen LogP contribution in [0.4, 0.5) is 4.39 Å². The van der Waals surface area contributed by atoms with Gasteiger partial charge < -0.3 is 10.2 Å². The second-order valence-electron chi connectivity index (χ2n) is 6.29. The second-order valence-corrected chi connectivity index (χ2v) is 6.29. The summed E-state index contributed by atoms with van der Waals surface area (Å²) in [5.74, 6) is 0.781. The number of carbonyl (C=O) groups is 1. The summed E-state index contributed by atoms with van der Waals surface area (Å²) >= 11 is 0. The first kappa shape index (κ1) is 17.2. The zero-order valence-corrected chi connectivity index (χ0v) is 13.6. The van der Waals surface area contributed by atoms with Gasteiger partial charge in [-0.2, -0.15) is 0 Å². The maximum absolute atomic E-state index is 13.3. The normalized spacial score (nSPS) is 20.8. The molecule has 0 spiro atoms. The van der Waals surface area contributed by atoms with Gasteiger partial charge in [0.15, 0.2) is 0 Å². The van der Waals surface area contributed by atoms with Gasteiger partial charge in [0.2, 0.25) is 5.91 Å². The first-order valence-electron chi connectivity index (χ1n) is 7.97. The molecule has 1 heterocycles. The van der Waals surface area contributed by atoms with Crippen molar-refractivity contribution >= 4 is 18.3 Å². The summed E-state index contributed by atoms with van der Waals surface area (Å²) < 4.78 is 13.3. The minimum atomic E-state index is -0.200. The molecule has 1 aromatic carbocycles. The van der Waals surface area contributed by atoms with Crippen LogP contribution in [-0.4, -0.2) is 36.5 Å². The predicted molar refractivity (Wildman–Crippen MR) is 87.7 cm³/mol. The lowest BCUT2D eigenvalue weighted by molar-refractivity contribution is -0.131. The molecule has 22 heavy (non-hydrogen) atoms. The van der Waals surface area contributed by atoms with Crippen LogP contribution in [0.5, 0.6) is 0 Å². The number of hydrogen-bond acceptors (Lipinski definition) is 2. The summed E-state index contributed by atoms with van der Waals surface area (Å²) in [6.07, 6.45) is 5.42. The van der Waals surface area contributed by atoms with E-state index in [4.69, 9.17) is 0 Å². The van der Waals surface area contributed by atoms with Gasteiger partial charge in [0.1, 0.15) is 5.82 Å². The SMILES string of the molecule is Cl.O=C(CNCC1CC1)N1CCCC1Cc1cccc(F)c1. The Balaban J connectivity index is 0.00000176. The summed E-state index contributed by atoms with van der Waals surface area (Å²) in [7, 11) is 0. The van der Waals surface area contributed by atoms with Crippen molar-refractivity contribution in [1.29, 1.82) is 0 Å². The molecule has 1 atom stereocenters. The largest absolute Gasteiger partial charge is 0.338 e. The average molecular weight is 327 g/mol. The van der Waals surface area contributed by atoms with E-state index in [0.29, 0.717) is 6.54 Å². The van der Waals surface area contributed by atoms with Crippen molar-refractivity contribution in [3.8, 4) is 0 Å². The van der Waals surface area contributed by atoms with Gasteiger partial charge in [-0.1, -0.05) is 12.1 Å². The molecule has 122 valence electrons. The van der Waals surface area contributed by atoms with E-state index in [1.807, 2.05) is 11.0 Å². The molecule has 0 bridgehead atoms. The maximum Gasteiger partial charge on any atom is 0.236 e. The minimum Gasteiger partial charge on any atom is -0.338 e. The van der Waals surface area contributed by atoms with E-state index in [1.54, 1.807) is 12.1 Å². The fourth-order valence-corrected chi connectivity index (χ4v) is 3.12. The Morgan fingerprint density at radius 1 is 1.32 bits per heavy atom. The van der Waals surface area contributed by atoms with Crippen LogP contribution in [0.2, 0.25) is 0 Å². The second kappa shape index (κ2) is 7.93. The Kier molecular flexibility index (Phi) is 6.21. The minimum absolute atomic E-state index is 0. The van der Waals surface area contributed by atoms with Crippen molar-refractivity contribution in [1.82, 2.24) is 10.2 Å². The lowest BCUT2D eigenvalue weighted by Crippen LogP contribution is -2.42. The van der Waals surface area contributed by atoms with E-state index < -0.39 is 0 Å². The van der Waals surface area contributed by atoms with Crippen LogP contribution < -0.4 is 5.32 Å². The highest BCUT2D eigenvalue weighted by atomic mass is 35.5. The molecule has 3 nitrogen and oxygen atoms in total. The smallest absolute Gasteiger partial charge is 0.236 e. The Bertz CT molecular complexity index is 507. The van der Waals surface area contributed by atoms with Gasteiger partial charge in [0, 0.05) is 12.6 Å². The third-order valence-corrected chi connectivity index (χ3v) is 4.46. The summed E-state index contributed by atoms with van der Waals surface area (Å²) in [5.41, 5.74) is 0.977. The summed E-state index contributed by atoms with van der Waals surface area (Å²) in [5, 5.41) is 3.27. The Labute approximate surface area is 137 Å². The summed E-state index contributed by atoms with van der Waals surface area (Å²) in [6.45, 7) is 2.24.